The molecule has 21 heavy (non-hydrogen) atoms. The monoisotopic (exact) mass is 294 g/mol. The Labute approximate surface area is 130 Å². The van der Waals surface area contributed by atoms with Crippen molar-refractivity contribution in [2.75, 3.05) is 32.8 Å². The van der Waals surface area contributed by atoms with Crippen molar-refractivity contribution in [1.29, 1.82) is 0 Å². The zero-order chi connectivity index (χ0) is 14.3. The highest BCUT2D eigenvalue weighted by Crippen LogP contribution is 2.31. The van der Waals surface area contributed by atoms with Gasteiger partial charge in [0.25, 0.3) is 0 Å². The molecule has 3 heteroatoms. The van der Waals surface area contributed by atoms with Gasteiger partial charge in [-0.05, 0) is 57.0 Å². The van der Waals surface area contributed by atoms with Crippen LogP contribution in [-0.4, -0.2) is 43.9 Å². The molecule has 3 nitrogen and oxygen atoms in total. The standard InChI is InChI=1S/C18H34N2O/c1-2-6-16(7-3-1)14-17-8-9-18(19-15-17)21-13-12-20-10-4-5-11-20/h16-19H,1-15H2. The van der Waals surface area contributed by atoms with Crippen molar-refractivity contribution in [2.45, 2.75) is 70.4 Å². The molecule has 122 valence electrons. The lowest BCUT2D eigenvalue weighted by molar-refractivity contribution is -0.00727. The lowest BCUT2D eigenvalue weighted by Gasteiger charge is -2.33. The molecule has 2 unspecified atom stereocenters. The summed E-state index contributed by atoms with van der Waals surface area (Å²) in [6.07, 6.45) is 14.6. The fraction of sp³-hybridized carbons (Fsp3) is 1.00. The quantitative estimate of drug-likeness (QED) is 0.812. The SMILES string of the molecule is C1CCC(CC2CCC(OCCN3CCCC3)NC2)CC1. The van der Waals surface area contributed by atoms with Crippen molar-refractivity contribution in [1.82, 2.24) is 10.2 Å². The Kier molecular flexibility index (Phi) is 6.38. The van der Waals surface area contributed by atoms with Gasteiger partial charge in [0.1, 0.15) is 6.23 Å². The lowest BCUT2D eigenvalue weighted by Crippen LogP contribution is -2.42. The summed E-state index contributed by atoms with van der Waals surface area (Å²) < 4.78 is 6.03. The molecule has 3 aliphatic rings. The first-order valence-electron chi connectivity index (χ1n) is 9.47. The van der Waals surface area contributed by atoms with E-state index < -0.39 is 0 Å². The van der Waals surface area contributed by atoms with E-state index in [1.165, 1.54) is 83.8 Å². The van der Waals surface area contributed by atoms with Gasteiger partial charge in [0.2, 0.25) is 0 Å². The first-order chi connectivity index (χ1) is 10.4. The second-order valence-electron chi connectivity index (χ2n) is 7.50. The zero-order valence-corrected chi connectivity index (χ0v) is 13.7. The highest BCUT2D eigenvalue weighted by Gasteiger charge is 2.24. The average molecular weight is 294 g/mol. The molecular formula is C18H34N2O. The van der Waals surface area contributed by atoms with Gasteiger partial charge in [0.05, 0.1) is 6.61 Å². The van der Waals surface area contributed by atoms with E-state index in [0.717, 1.165) is 25.0 Å². The van der Waals surface area contributed by atoms with Gasteiger partial charge in [-0.25, -0.2) is 0 Å². The second kappa shape index (κ2) is 8.50. The molecule has 3 rings (SSSR count). The molecule has 1 aliphatic carbocycles. The third-order valence-corrected chi connectivity index (χ3v) is 5.79. The van der Waals surface area contributed by atoms with Gasteiger partial charge in [-0.1, -0.05) is 32.1 Å². The van der Waals surface area contributed by atoms with Crippen LogP contribution < -0.4 is 5.32 Å². The van der Waals surface area contributed by atoms with Crippen LogP contribution in [0.2, 0.25) is 0 Å². The molecule has 2 saturated heterocycles. The Morgan fingerprint density at radius 3 is 2.38 bits per heavy atom. The van der Waals surface area contributed by atoms with Crippen molar-refractivity contribution in [2.24, 2.45) is 11.8 Å². The van der Waals surface area contributed by atoms with Gasteiger partial charge in [-0.2, -0.15) is 0 Å². The first kappa shape index (κ1) is 15.8. The minimum atomic E-state index is 0.329. The van der Waals surface area contributed by atoms with Crippen LogP contribution in [0.4, 0.5) is 0 Å². The van der Waals surface area contributed by atoms with Crippen LogP contribution in [-0.2, 0) is 4.74 Å². The van der Waals surface area contributed by atoms with Crippen molar-refractivity contribution in [3.63, 3.8) is 0 Å². The third-order valence-electron chi connectivity index (χ3n) is 5.79. The minimum Gasteiger partial charge on any atom is -0.362 e. The van der Waals surface area contributed by atoms with Gasteiger partial charge in [0.15, 0.2) is 0 Å². The number of nitrogens with zero attached hydrogens (tertiary/aromatic N) is 1. The summed E-state index contributed by atoms with van der Waals surface area (Å²) in [6.45, 7) is 5.79. The third kappa shape index (κ3) is 5.22. The average Bonchev–Trinajstić information content (AvgIpc) is 3.03. The summed E-state index contributed by atoms with van der Waals surface area (Å²) >= 11 is 0. The number of hydrogen-bond acceptors (Lipinski definition) is 3. The normalized spacial score (nSPS) is 32.6. The van der Waals surface area contributed by atoms with E-state index in [2.05, 4.69) is 10.2 Å². The number of piperidine rings is 1. The predicted molar refractivity (Wildman–Crippen MR) is 87.3 cm³/mol. The molecule has 0 aromatic heterocycles. The molecule has 2 aliphatic heterocycles. The van der Waals surface area contributed by atoms with Crippen LogP contribution in [0.25, 0.3) is 0 Å². The highest BCUT2D eigenvalue weighted by molar-refractivity contribution is 4.77. The van der Waals surface area contributed by atoms with Gasteiger partial charge in [-0.15, -0.1) is 0 Å². The Bertz CT molecular complexity index is 277. The van der Waals surface area contributed by atoms with Crippen LogP contribution in [0.5, 0.6) is 0 Å². The molecule has 0 aromatic rings. The summed E-state index contributed by atoms with van der Waals surface area (Å²) in [6, 6.07) is 0. The van der Waals surface area contributed by atoms with Gasteiger partial charge < -0.3 is 9.64 Å². The van der Waals surface area contributed by atoms with Crippen molar-refractivity contribution in [3.8, 4) is 0 Å². The number of nitrogens with one attached hydrogen (secondary N) is 1. The summed E-state index contributed by atoms with van der Waals surface area (Å²) in [5.74, 6) is 1.93. The Morgan fingerprint density at radius 1 is 0.857 bits per heavy atom. The largest absolute Gasteiger partial charge is 0.362 e. The van der Waals surface area contributed by atoms with E-state index in [1.54, 1.807) is 0 Å². The number of likely N-dealkylation sites (tertiary alicyclic amines) is 1. The second-order valence-corrected chi connectivity index (χ2v) is 7.50. The first-order valence-corrected chi connectivity index (χ1v) is 9.47. The van der Waals surface area contributed by atoms with Crippen LogP contribution in [0.1, 0.15) is 64.2 Å². The molecule has 2 atom stereocenters. The van der Waals surface area contributed by atoms with Crippen molar-refractivity contribution in [3.05, 3.63) is 0 Å². The maximum absolute atomic E-state index is 6.03. The molecule has 0 spiro atoms. The van der Waals surface area contributed by atoms with E-state index >= 15 is 0 Å². The smallest absolute Gasteiger partial charge is 0.108 e. The summed E-state index contributed by atoms with van der Waals surface area (Å²) in [5, 5.41) is 3.64. The fourth-order valence-corrected chi connectivity index (χ4v) is 4.46. The predicted octanol–water partition coefficient (Wildman–Crippen LogP) is 3.39. The van der Waals surface area contributed by atoms with Crippen LogP contribution in [0.15, 0.2) is 0 Å². The van der Waals surface area contributed by atoms with Gasteiger partial charge >= 0.3 is 0 Å². The highest BCUT2D eigenvalue weighted by atomic mass is 16.5. The Morgan fingerprint density at radius 2 is 1.67 bits per heavy atom. The van der Waals surface area contributed by atoms with Gasteiger partial charge in [0, 0.05) is 13.1 Å². The number of hydrogen-bond donors (Lipinski definition) is 1. The van der Waals surface area contributed by atoms with E-state index in [1.807, 2.05) is 0 Å². The lowest BCUT2D eigenvalue weighted by atomic mass is 9.80. The fourth-order valence-electron chi connectivity index (χ4n) is 4.46. The van der Waals surface area contributed by atoms with Crippen LogP contribution in [0.3, 0.4) is 0 Å². The minimum absolute atomic E-state index is 0.329. The molecule has 3 fully saturated rings. The summed E-state index contributed by atoms with van der Waals surface area (Å²) in [5.41, 5.74) is 0. The van der Waals surface area contributed by atoms with E-state index in [9.17, 15) is 0 Å². The zero-order valence-electron chi connectivity index (χ0n) is 13.7. The van der Waals surface area contributed by atoms with E-state index in [4.69, 9.17) is 4.74 Å². The van der Waals surface area contributed by atoms with Crippen LogP contribution >= 0.6 is 0 Å². The summed E-state index contributed by atoms with van der Waals surface area (Å²) in [7, 11) is 0. The van der Waals surface area contributed by atoms with E-state index in [0.29, 0.717) is 6.23 Å². The maximum atomic E-state index is 6.03. The van der Waals surface area contributed by atoms with Gasteiger partial charge in [-0.3, -0.25) is 5.32 Å². The molecule has 1 saturated carbocycles. The van der Waals surface area contributed by atoms with Crippen molar-refractivity contribution >= 4 is 0 Å². The molecule has 0 bridgehead atoms. The molecule has 0 radical (unpaired) electrons. The summed E-state index contributed by atoms with van der Waals surface area (Å²) in [4.78, 5) is 2.54. The topological polar surface area (TPSA) is 24.5 Å². The van der Waals surface area contributed by atoms with E-state index in [-0.39, 0.29) is 0 Å². The molecule has 0 aromatic carbocycles. The number of ether oxygens (including phenoxy) is 1. The molecule has 2 heterocycles. The number of rotatable bonds is 6. The van der Waals surface area contributed by atoms with Crippen LogP contribution in [0, 0.1) is 11.8 Å². The van der Waals surface area contributed by atoms with Crippen molar-refractivity contribution < 1.29 is 4.74 Å². The Hall–Kier alpha value is -0.120. The molecular weight excluding hydrogens is 260 g/mol. The molecule has 1 N–H and O–H groups in total. The molecule has 0 amide bonds. The maximum Gasteiger partial charge on any atom is 0.108 e. The Balaban J connectivity index is 1.26.